The average molecular weight is 202 g/mol. The lowest BCUT2D eigenvalue weighted by atomic mass is 9.80. The Balaban J connectivity index is 2.15. The SMILES string of the molecule is C=C(Cl)CNCC1CCCCC1C. The van der Waals surface area contributed by atoms with Gasteiger partial charge in [-0.3, -0.25) is 0 Å². The van der Waals surface area contributed by atoms with Gasteiger partial charge in [0.25, 0.3) is 0 Å². The molecule has 2 heteroatoms. The van der Waals surface area contributed by atoms with Crippen molar-refractivity contribution in [2.75, 3.05) is 13.1 Å². The van der Waals surface area contributed by atoms with Crippen LogP contribution in [0, 0.1) is 11.8 Å². The van der Waals surface area contributed by atoms with E-state index in [4.69, 9.17) is 11.6 Å². The van der Waals surface area contributed by atoms with Crippen molar-refractivity contribution >= 4 is 11.6 Å². The van der Waals surface area contributed by atoms with Gasteiger partial charge in [-0.1, -0.05) is 44.4 Å². The highest BCUT2D eigenvalue weighted by Crippen LogP contribution is 2.28. The fraction of sp³-hybridized carbons (Fsp3) is 0.818. The largest absolute Gasteiger partial charge is 0.312 e. The van der Waals surface area contributed by atoms with Crippen LogP contribution in [0.25, 0.3) is 0 Å². The summed E-state index contributed by atoms with van der Waals surface area (Å²) in [4.78, 5) is 0. The Bertz CT molecular complexity index is 167. The molecule has 13 heavy (non-hydrogen) atoms. The molecule has 1 rings (SSSR count). The Hall–Kier alpha value is -0.0100. The van der Waals surface area contributed by atoms with Gasteiger partial charge in [0, 0.05) is 11.6 Å². The fourth-order valence-corrected chi connectivity index (χ4v) is 2.18. The van der Waals surface area contributed by atoms with Crippen molar-refractivity contribution in [1.29, 1.82) is 0 Å². The zero-order valence-electron chi connectivity index (χ0n) is 8.48. The Labute approximate surface area is 86.5 Å². The van der Waals surface area contributed by atoms with Gasteiger partial charge in [-0.25, -0.2) is 0 Å². The van der Waals surface area contributed by atoms with Crippen LogP contribution in [0.4, 0.5) is 0 Å². The minimum absolute atomic E-state index is 0.712. The van der Waals surface area contributed by atoms with Gasteiger partial charge in [-0.05, 0) is 24.8 Å². The summed E-state index contributed by atoms with van der Waals surface area (Å²) in [5.74, 6) is 1.73. The highest BCUT2D eigenvalue weighted by Gasteiger charge is 2.20. The molecular weight excluding hydrogens is 182 g/mol. The Kier molecular flexibility index (Phi) is 4.82. The van der Waals surface area contributed by atoms with Gasteiger partial charge in [-0.2, -0.15) is 0 Å². The summed E-state index contributed by atoms with van der Waals surface area (Å²) >= 11 is 5.67. The molecule has 0 heterocycles. The van der Waals surface area contributed by atoms with E-state index in [1.54, 1.807) is 0 Å². The van der Waals surface area contributed by atoms with Crippen molar-refractivity contribution in [3.63, 3.8) is 0 Å². The van der Waals surface area contributed by atoms with Crippen LogP contribution in [0.5, 0.6) is 0 Å². The van der Waals surface area contributed by atoms with Crippen molar-refractivity contribution in [2.45, 2.75) is 32.6 Å². The summed E-state index contributed by atoms with van der Waals surface area (Å²) in [6, 6.07) is 0. The van der Waals surface area contributed by atoms with Crippen molar-refractivity contribution in [1.82, 2.24) is 5.32 Å². The third kappa shape index (κ3) is 4.15. The molecule has 0 saturated heterocycles. The van der Waals surface area contributed by atoms with Gasteiger partial charge in [0.05, 0.1) is 0 Å². The van der Waals surface area contributed by atoms with E-state index < -0.39 is 0 Å². The van der Waals surface area contributed by atoms with Crippen LogP contribution >= 0.6 is 11.6 Å². The van der Waals surface area contributed by atoms with Crippen molar-refractivity contribution < 1.29 is 0 Å². The van der Waals surface area contributed by atoms with Crippen LogP contribution in [-0.2, 0) is 0 Å². The Morgan fingerprint density at radius 2 is 2.15 bits per heavy atom. The van der Waals surface area contributed by atoms with Gasteiger partial charge in [-0.15, -0.1) is 0 Å². The number of rotatable bonds is 4. The number of nitrogens with one attached hydrogen (secondary N) is 1. The summed E-state index contributed by atoms with van der Waals surface area (Å²) in [5.41, 5.74) is 0. The van der Waals surface area contributed by atoms with Gasteiger partial charge in [0.1, 0.15) is 0 Å². The molecule has 0 radical (unpaired) electrons. The molecule has 2 unspecified atom stereocenters. The lowest BCUT2D eigenvalue weighted by Gasteiger charge is -2.28. The summed E-state index contributed by atoms with van der Waals surface area (Å²) in [7, 11) is 0. The molecule has 76 valence electrons. The zero-order chi connectivity index (χ0) is 9.68. The molecule has 2 atom stereocenters. The molecule has 1 nitrogen and oxygen atoms in total. The second kappa shape index (κ2) is 5.66. The highest BCUT2D eigenvalue weighted by atomic mass is 35.5. The monoisotopic (exact) mass is 201 g/mol. The molecule has 0 amide bonds. The van der Waals surface area contributed by atoms with E-state index >= 15 is 0 Å². The molecule has 0 aromatic rings. The summed E-state index contributed by atoms with van der Waals surface area (Å²) in [6.07, 6.45) is 5.59. The molecular formula is C11H20ClN. The van der Waals surface area contributed by atoms with Crippen molar-refractivity contribution in [2.24, 2.45) is 11.8 Å². The maximum absolute atomic E-state index is 5.67. The van der Waals surface area contributed by atoms with Crippen molar-refractivity contribution in [3.8, 4) is 0 Å². The van der Waals surface area contributed by atoms with Crippen LogP contribution in [-0.4, -0.2) is 13.1 Å². The zero-order valence-corrected chi connectivity index (χ0v) is 9.24. The lowest BCUT2D eigenvalue weighted by Crippen LogP contribution is -2.29. The van der Waals surface area contributed by atoms with Gasteiger partial charge < -0.3 is 5.32 Å². The van der Waals surface area contributed by atoms with Crippen LogP contribution in [0.15, 0.2) is 11.6 Å². The first-order chi connectivity index (χ1) is 6.20. The van der Waals surface area contributed by atoms with Gasteiger partial charge >= 0.3 is 0 Å². The lowest BCUT2D eigenvalue weighted by molar-refractivity contribution is 0.250. The van der Waals surface area contributed by atoms with Gasteiger partial charge in [0.2, 0.25) is 0 Å². The molecule has 1 aliphatic carbocycles. The van der Waals surface area contributed by atoms with Crippen molar-refractivity contribution in [3.05, 3.63) is 11.6 Å². The first-order valence-electron chi connectivity index (χ1n) is 5.24. The molecule has 0 spiro atoms. The van der Waals surface area contributed by atoms with Crippen LogP contribution < -0.4 is 5.32 Å². The fourth-order valence-electron chi connectivity index (χ4n) is 2.09. The molecule has 1 aliphatic rings. The topological polar surface area (TPSA) is 12.0 Å². The van der Waals surface area contributed by atoms with E-state index in [0.717, 1.165) is 24.9 Å². The molecule has 0 bridgehead atoms. The highest BCUT2D eigenvalue weighted by molar-refractivity contribution is 6.29. The van der Waals surface area contributed by atoms with E-state index in [1.165, 1.54) is 25.7 Å². The van der Waals surface area contributed by atoms with E-state index in [9.17, 15) is 0 Å². The van der Waals surface area contributed by atoms with E-state index in [0.29, 0.717) is 5.03 Å². The Morgan fingerprint density at radius 1 is 1.46 bits per heavy atom. The predicted octanol–water partition coefficient (Wildman–Crippen LogP) is 3.15. The van der Waals surface area contributed by atoms with Crippen LogP contribution in [0.1, 0.15) is 32.6 Å². The van der Waals surface area contributed by atoms with Gasteiger partial charge in [0.15, 0.2) is 0 Å². The summed E-state index contributed by atoms with van der Waals surface area (Å²) < 4.78 is 0. The first kappa shape index (κ1) is 11.1. The molecule has 1 N–H and O–H groups in total. The van der Waals surface area contributed by atoms with Crippen LogP contribution in [0.3, 0.4) is 0 Å². The maximum atomic E-state index is 5.67. The number of hydrogen-bond acceptors (Lipinski definition) is 1. The Morgan fingerprint density at radius 3 is 2.77 bits per heavy atom. The summed E-state index contributed by atoms with van der Waals surface area (Å²) in [5, 5.41) is 4.07. The molecule has 0 aromatic heterocycles. The summed E-state index contributed by atoms with van der Waals surface area (Å²) in [6.45, 7) is 7.88. The molecule has 1 saturated carbocycles. The molecule has 0 aliphatic heterocycles. The smallest absolute Gasteiger partial charge is 0.0307 e. The number of hydrogen-bond donors (Lipinski definition) is 1. The standard InChI is InChI=1S/C11H20ClN/c1-9-5-3-4-6-11(9)8-13-7-10(2)12/h9,11,13H,2-8H2,1H3. The van der Waals surface area contributed by atoms with E-state index in [-0.39, 0.29) is 0 Å². The minimum atomic E-state index is 0.712. The molecule has 0 aromatic carbocycles. The maximum Gasteiger partial charge on any atom is 0.0307 e. The second-order valence-electron chi connectivity index (χ2n) is 4.17. The average Bonchev–Trinajstić information content (AvgIpc) is 2.08. The minimum Gasteiger partial charge on any atom is -0.312 e. The first-order valence-corrected chi connectivity index (χ1v) is 5.62. The third-order valence-corrected chi connectivity index (χ3v) is 3.15. The van der Waals surface area contributed by atoms with E-state index in [1.807, 2.05) is 0 Å². The third-order valence-electron chi connectivity index (χ3n) is 3.01. The quantitative estimate of drug-likeness (QED) is 0.737. The van der Waals surface area contributed by atoms with Crippen LogP contribution in [0.2, 0.25) is 0 Å². The second-order valence-corrected chi connectivity index (χ2v) is 4.70. The number of halogens is 1. The molecule has 1 fully saturated rings. The normalized spacial score (nSPS) is 28.8. The predicted molar refractivity (Wildman–Crippen MR) is 59.0 cm³/mol. The van der Waals surface area contributed by atoms with E-state index in [2.05, 4.69) is 18.8 Å².